The van der Waals surface area contributed by atoms with Gasteiger partial charge < -0.3 is 18.9 Å². The maximum absolute atomic E-state index is 12.7. The van der Waals surface area contributed by atoms with Gasteiger partial charge in [-0.2, -0.15) is 0 Å². The highest BCUT2D eigenvalue weighted by Crippen LogP contribution is 2.34. The molecule has 0 aliphatic heterocycles. The summed E-state index contributed by atoms with van der Waals surface area (Å²) in [5.41, 5.74) is -3.01. The lowest BCUT2D eigenvalue weighted by Crippen LogP contribution is -2.38. The average Bonchev–Trinajstić information content (AvgIpc) is 2.98. The molecule has 0 rings (SSSR count). The molecule has 12 nitrogen and oxygen atoms in total. The SMILES string of the molecule is CCCCCC(COC(=O)CCC(CCC(=O)OCC)(C(C)=O)C(C)=O)COC(=O)CCC(CCC(=O)OCC)(C(C)=O)C(C)=O. The Morgan fingerprint density at radius 1 is 0.478 bits per heavy atom. The fourth-order valence-electron chi connectivity index (χ4n) is 5.35. The number of esters is 4. The van der Waals surface area contributed by atoms with Crippen LogP contribution in [-0.4, -0.2) is 73.4 Å². The minimum absolute atomic E-state index is 0.0594. The highest BCUT2D eigenvalue weighted by Gasteiger charge is 2.42. The summed E-state index contributed by atoms with van der Waals surface area (Å²) in [4.78, 5) is 99.2. The first-order chi connectivity index (χ1) is 21.6. The normalized spacial score (nSPS) is 11.5. The van der Waals surface area contributed by atoms with Crippen LogP contribution in [0.25, 0.3) is 0 Å². The van der Waals surface area contributed by atoms with Crippen molar-refractivity contribution in [3.05, 3.63) is 0 Å². The Hall–Kier alpha value is -3.44. The summed E-state index contributed by atoms with van der Waals surface area (Å²) in [6.45, 7) is 10.6. The van der Waals surface area contributed by atoms with Crippen molar-refractivity contribution in [1.82, 2.24) is 0 Å². The minimum atomic E-state index is -1.51. The highest BCUT2D eigenvalue weighted by molar-refractivity contribution is 6.06. The Morgan fingerprint density at radius 2 is 0.783 bits per heavy atom. The molecule has 12 heteroatoms. The number of carbonyl (C=O) groups excluding carboxylic acids is 8. The molecule has 0 aliphatic rings. The van der Waals surface area contributed by atoms with Gasteiger partial charge in [-0.3, -0.25) is 38.4 Å². The van der Waals surface area contributed by atoms with E-state index in [1.54, 1.807) is 13.8 Å². The minimum Gasteiger partial charge on any atom is -0.466 e. The second-order valence-corrected chi connectivity index (χ2v) is 11.7. The van der Waals surface area contributed by atoms with Crippen LogP contribution in [0.3, 0.4) is 0 Å². The van der Waals surface area contributed by atoms with E-state index in [-0.39, 0.29) is 83.7 Å². The zero-order chi connectivity index (χ0) is 35.3. The Kier molecular flexibility index (Phi) is 20.5. The first kappa shape index (κ1) is 42.6. The monoisotopic (exact) mass is 654 g/mol. The fraction of sp³-hybridized carbons (Fsp3) is 0.765. The number of carbonyl (C=O) groups is 8. The number of rotatable bonds is 26. The molecule has 262 valence electrons. The van der Waals surface area contributed by atoms with Crippen LogP contribution < -0.4 is 0 Å². The molecular weight excluding hydrogens is 600 g/mol. The van der Waals surface area contributed by atoms with Crippen molar-refractivity contribution in [3.63, 3.8) is 0 Å². The van der Waals surface area contributed by atoms with Gasteiger partial charge in [0.25, 0.3) is 0 Å². The summed E-state index contributed by atoms with van der Waals surface area (Å²) in [5, 5.41) is 0. The molecule has 46 heavy (non-hydrogen) atoms. The summed E-state index contributed by atoms with van der Waals surface area (Å²) in [6.07, 6.45) is 2.14. The van der Waals surface area contributed by atoms with Crippen LogP contribution in [0.1, 0.15) is 126 Å². The van der Waals surface area contributed by atoms with Gasteiger partial charge in [0.2, 0.25) is 0 Å². The number of ether oxygens (including phenoxy) is 4. The molecule has 0 aromatic rings. The quantitative estimate of drug-likeness (QED) is 0.0538. The average molecular weight is 655 g/mol. The summed E-state index contributed by atoms with van der Waals surface area (Å²) < 4.78 is 20.7. The third-order valence-electron chi connectivity index (χ3n) is 8.51. The predicted molar refractivity (Wildman–Crippen MR) is 167 cm³/mol. The Balaban J connectivity index is 5.32. The van der Waals surface area contributed by atoms with Crippen LogP contribution in [0.5, 0.6) is 0 Å². The summed E-state index contributed by atoms with van der Waals surface area (Å²) in [6, 6.07) is 0. The second-order valence-electron chi connectivity index (χ2n) is 11.7. The van der Waals surface area contributed by atoms with Crippen LogP contribution in [0.15, 0.2) is 0 Å². The van der Waals surface area contributed by atoms with E-state index in [9.17, 15) is 38.4 Å². The zero-order valence-corrected chi connectivity index (χ0v) is 28.8. The molecule has 0 N–H and O–H groups in total. The first-order valence-electron chi connectivity index (χ1n) is 16.3. The van der Waals surface area contributed by atoms with E-state index in [4.69, 9.17) is 18.9 Å². The molecule has 0 aromatic heterocycles. The van der Waals surface area contributed by atoms with Gasteiger partial charge in [-0.25, -0.2) is 0 Å². The molecule has 0 unspecified atom stereocenters. The second kappa shape index (κ2) is 22.1. The smallest absolute Gasteiger partial charge is 0.305 e. The van der Waals surface area contributed by atoms with Gasteiger partial charge in [0.1, 0.15) is 23.1 Å². The van der Waals surface area contributed by atoms with Crippen molar-refractivity contribution in [2.75, 3.05) is 26.4 Å². The Bertz CT molecular complexity index is 954. The maximum atomic E-state index is 12.7. The van der Waals surface area contributed by atoms with Crippen molar-refractivity contribution in [2.24, 2.45) is 16.7 Å². The molecule has 0 atom stereocenters. The molecular formula is C34H54O12. The largest absolute Gasteiger partial charge is 0.466 e. The number of ketones is 4. The van der Waals surface area contributed by atoms with Crippen LogP contribution in [0.2, 0.25) is 0 Å². The van der Waals surface area contributed by atoms with Crippen LogP contribution in [-0.2, 0) is 57.3 Å². The van der Waals surface area contributed by atoms with Crippen LogP contribution in [0, 0.1) is 16.7 Å². The lowest BCUT2D eigenvalue weighted by Gasteiger charge is -2.28. The number of hydrogen-bond acceptors (Lipinski definition) is 12. The van der Waals surface area contributed by atoms with Crippen molar-refractivity contribution in [3.8, 4) is 0 Å². The van der Waals surface area contributed by atoms with Gasteiger partial charge in [0, 0.05) is 31.6 Å². The van der Waals surface area contributed by atoms with Gasteiger partial charge in [0.05, 0.1) is 37.3 Å². The molecule has 0 bridgehead atoms. The van der Waals surface area contributed by atoms with Gasteiger partial charge in [-0.1, -0.05) is 26.2 Å². The lowest BCUT2D eigenvalue weighted by molar-refractivity contribution is -0.150. The Labute approximate surface area is 273 Å². The summed E-state index contributed by atoms with van der Waals surface area (Å²) in [5.74, 6) is -4.45. The first-order valence-corrected chi connectivity index (χ1v) is 16.3. The van der Waals surface area contributed by atoms with Crippen LogP contribution in [0.4, 0.5) is 0 Å². The predicted octanol–water partition coefficient (Wildman–Crippen LogP) is 4.85. The Morgan fingerprint density at radius 3 is 1.04 bits per heavy atom. The van der Waals surface area contributed by atoms with E-state index in [0.29, 0.717) is 6.42 Å². The molecule has 0 heterocycles. The molecule has 0 fully saturated rings. The molecule has 0 spiro atoms. The number of Topliss-reactive ketones (excluding diaryl/α,β-unsaturated/α-hetero) is 4. The number of hydrogen-bond donors (Lipinski definition) is 0. The summed E-state index contributed by atoms with van der Waals surface area (Å²) >= 11 is 0. The molecule has 0 aromatic carbocycles. The third kappa shape index (κ3) is 14.8. The fourth-order valence-corrected chi connectivity index (χ4v) is 5.35. The lowest BCUT2D eigenvalue weighted by atomic mass is 9.73. The maximum Gasteiger partial charge on any atom is 0.305 e. The van der Waals surface area contributed by atoms with Crippen molar-refractivity contribution in [2.45, 2.75) is 126 Å². The van der Waals surface area contributed by atoms with E-state index >= 15 is 0 Å². The van der Waals surface area contributed by atoms with Gasteiger partial charge >= 0.3 is 23.9 Å². The summed E-state index contributed by atoms with van der Waals surface area (Å²) in [7, 11) is 0. The van der Waals surface area contributed by atoms with E-state index in [1.807, 2.05) is 6.92 Å². The van der Waals surface area contributed by atoms with E-state index < -0.39 is 57.8 Å². The molecule has 0 radical (unpaired) electrons. The molecule has 0 amide bonds. The topological polar surface area (TPSA) is 173 Å². The third-order valence-corrected chi connectivity index (χ3v) is 8.51. The molecule has 0 saturated heterocycles. The number of unbranched alkanes of at least 4 members (excludes halogenated alkanes) is 2. The van der Waals surface area contributed by atoms with Gasteiger partial charge in [0.15, 0.2) is 0 Å². The zero-order valence-electron chi connectivity index (χ0n) is 28.8. The van der Waals surface area contributed by atoms with Gasteiger partial charge in [-0.15, -0.1) is 0 Å². The van der Waals surface area contributed by atoms with Crippen molar-refractivity contribution < 1.29 is 57.3 Å². The van der Waals surface area contributed by atoms with Gasteiger partial charge in [-0.05, 0) is 73.6 Å². The van der Waals surface area contributed by atoms with E-state index in [0.717, 1.165) is 19.3 Å². The van der Waals surface area contributed by atoms with Crippen molar-refractivity contribution >= 4 is 47.0 Å². The van der Waals surface area contributed by atoms with E-state index in [2.05, 4.69) is 0 Å². The molecule has 0 saturated carbocycles. The standard InChI is InChI=1S/C34H54O12/c1-8-11-12-13-28(22-45-31(41)16-20-33(24(4)35,25(5)36)18-14-29(39)43-9-2)23-46-32(42)17-21-34(26(6)37,27(7)38)19-15-30(40)44-10-3/h28H,8-23H2,1-7H3. The van der Waals surface area contributed by atoms with Crippen LogP contribution >= 0.6 is 0 Å². The van der Waals surface area contributed by atoms with E-state index in [1.165, 1.54) is 27.7 Å². The molecule has 0 aliphatic carbocycles. The van der Waals surface area contributed by atoms with Crippen molar-refractivity contribution in [1.29, 1.82) is 0 Å². The highest BCUT2D eigenvalue weighted by atomic mass is 16.5.